The molecule has 0 N–H and O–H groups in total. The summed E-state index contributed by atoms with van der Waals surface area (Å²) >= 11 is 0. The Balaban J connectivity index is 2.02. The van der Waals surface area contributed by atoms with E-state index in [1.165, 1.54) is 10.4 Å². The zero-order valence-corrected chi connectivity index (χ0v) is 21.7. The van der Waals surface area contributed by atoms with E-state index in [-0.39, 0.29) is 17.2 Å². The molecule has 1 saturated heterocycles. The zero-order chi connectivity index (χ0) is 23.6. The number of hydrogen-bond acceptors (Lipinski definition) is 3. The van der Waals surface area contributed by atoms with Gasteiger partial charge in [0.15, 0.2) is 0 Å². The molecule has 1 amide bonds. The summed E-state index contributed by atoms with van der Waals surface area (Å²) in [6.45, 7) is 16.1. The minimum Gasteiger partial charge on any atom is -0.444 e. The Kier molecular flexibility index (Phi) is 7.20. The molecule has 0 aromatic heterocycles. The molecule has 2 aromatic carbocycles. The van der Waals surface area contributed by atoms with Crippen molar-refractivity contribution in [3.05, 3.63) is 60.7 Å². The van der Waals surface area contributed by atoms with Crippen LogP contribution in [-0.4, -0.2) is 44.1 Å². The van der Waals surface area contributed by atoms with Crippen LogP contribution in [0.15, 0.2) is 60.7 Å². The van der Waals surface area contributed by atoms with Crippen molar-refractivity contribution in [3.8, 4) is 0 Å². The second-order valence-corrected chi connectivity index (χ2v) is 15.3. The molecule has 0 aliphatic carbocycles. The van der Waals surface area contributed by atoms with E-state index in [1.807, 2.05) is 25.7 Å². The van der Waals surface area contributed by atoms with Gasteiger partial charge in [0.1, 0.15) is 5.60 Å². The van der Waals surface area contributed by atoms with Gasteiger partial charge in [-0.05, 0) is 48.5 Å². The standard InChI is InChI=1S/C27H39NO3Si/c1-21-18-19-28(25(29)30-26(2,3)4)20-24(21)31-32(27(5,6)7,22-14-10-8-11-15-22)23-16-12-9-13-17-23/h8-17,21,24H,18-20H2,1-7H3/t21-,24-/m1/s1. The van der Waals surface area contributed by atoms with Gasteiger partial charge in [-0.15, -0.1) is 0 Å². The monoisotopic (exact) mass is 453 g/mol. The fourth-order valence-electron chi connectivity index (χ4n) is 4.60. The number of likely N-dealkylation sites (tertiary alicyclic amines) is 1. The number of rotatable bonds is 4. The van der Waals surface area contributed by atoms with Crippen LogP contribution in [0.25, 0.3) is 0 Å². The molecule has 3 rings (SSSR count). The van der Waals surface area contributed by atoms with E-state index < -0.39 is 13.9 Å². The molecular formula is C27H39NO3Si. The topological polar surface area (TPSA) is 38.8 Å². The number of amides is 1. The predicted molar refractivity (Wildman–Crippen MR) is 134 cm³/mol. The Morgan fingerprint density at radius 1 is 0.906 bits per heavy atom. The molecule has 5 heteroatoms. The summed E-state index contributed by atoms with van der Waals surface area (Å²) in [4.78, 5) is 14.7. The van der Waals surface area contributed by atoms with Gasteiger partial charge in [-0.1, -0.05) is 88.4 Å². The van der Waals surface area contributed by atoms with E-state index >= 15 is 0 Å². The lowest BCUT2D eigenvalue weighted by Gasteiger charge is -2.48. The second kappa shape index (κ2) is 9.40. The first-order chi connectivity index (χ1) is 14.9. The highest BCUT2D eigenvalue weighted by Crippen LogP contribution is 2.39. The molecule has 0 spiro atoms. The molecule has 32 heavy (non-hydrogen) atoms. The van der Waals surface area contributed by atoms with E-state index in [2.05, 4.69) is 88.4 Å². The summed E-state index contributed by atoms with van der Waals surface area (Å²) < 4.78 is 13.0. The molecule has 1 aliphatic heterocycles. The van der Waals surface area contributed by atoms with E-state index in [0.29, 0.717) is 19.0 Å². The molecule has 1 heterocycles. The van der Waals surface area contributed by atoms with Crippen molar-refractivity contribution in [1.29, 1.82) is 0 Å². The molecule has 2 atom stereocenters. The summed E-state index contributed by atoms with van der Waals surface area (Å²) in [5, 5.41) is 2.43. The maximum absolute atomic E-state index is 12.8. The highest BCUT2D eigenvalue weighted by atomic mass is 28.4. The molecule has 0 unspecified atom stereocenters. The smallest absolute Gasteiger partial charge is 0.410 e. The van der Waals surface area contributed by atoms with Crippen LogP contribution in [0.3, 0.4) is 0 Å². The molecule has 174 valence electrons. The van der Waals surface area contributed by atoms with E-state index in [9.17, 15) is 4.79 Å². The van der Waals surface area contributed by atoms with Crippen LogP contribution in [0.2, 0.25) is 5.04 Å². The lowest BCUT2D eigenvalue weighted by Crippen LogP contribution is -2.69. The van der Waals surface area contributed by atoms with Gasteiger partial charge in [0.25, 0.3) is 8.32 Å². The maximum Gasteiger partial charge on any atom is 0.410 e. The summed E-state index contributed by atoms with van der Waals surface area (Å²) in [5.74, 6) is 0.357. The third-order valence-corrected chi connectivity index (χ3v) is 11.3. The van der Waals surface area contributed by atoms with Crippen LogP contribution in [0.4, 0.5) is 4.79 Å². The van der Waals surface area contributed by atoms with Crippen LogP contribution in [0, 0.1) is 5.92 Å². The van der Waals surface area contributed by atoms with Gasteiger partial charge in [-0.25, -0.2) is 4.79 Å². The minimum absolute atomic E-state index is 0.0532. The Hall–Kier alpha value is -2.11. The van der Waals surface area contributed by atoms with Gasteiger partial charge in [0.2, 0.25) is 0 Å². The number of hydrogen-bond donors (Lipinski definition) is 0. The number of benzene rings is 2. The quantitative estimate of drug-likeness (QED) is 0.597. The Morgan fingerprint density at radius 3 is 1.84 bits per heavy atom. The average Bonchev–Trinajstić information content (AvgIpc) is 2.72. The summed E-state index contributed by atoms with van der Waals surface area (Å²) in [6.07, 6.45) is 0.602. The first kappa shape index (κ1) is 24.5. The van der Waals surface area contributed by atoms with Gasteiger partial charge in [0, 0.05) is 13.1 Å². The van der Waals surface area contributed by atoms with Crippen LogP contribution >= 0.6 is 0 Å². The van der Waals surface area contributed by atoms with Gasteiger partial charge < -0.3 is 14.1 Å². The number of carbonyl (C=O) groups is 1. The van der Waals surface area contributed by atoms with Crippen molar-refractivity contribution in [2.75, 3.05) is 13.1 Å². The van der Waals surface area contributed by atoms with Crippen molar-refractivity contribution >= 4 is 24.8 Å². The Labute approximate surface area is 195 Å². The van der Waals surface area contributed by atoms with Crippen LogP contribution in [-0.2, 0) is 9.16 Å². The van der Waals surface area contributed by atoms with Crippen molar-refractivity contribution in [2.45, 2.75) is 71.6 Å². The first-order valence-electron chi connectivity index (χ1n) is 11.7. The van der Waals surface area contributed by atoms with E-state index in [4.69, 9.17) is 9.16 Å². The van der Waals surface area contributed by atoms with Gasteiger partial charge in [-0.3, -0.25) is 0 Å². The summed E-state index contributed by atoms with van der Waals surface area (Å²) in [5.41, 5.74) is -0.505. The fraction of sp³-hybridized carbons (Fsp3) is 0.519. The third kappa shape index (κ3) is 5.26. The van der Waals surface area contributed by atoms with Crippen LogP contribution < -0.4 is 10.4 Å². The molecule has 4 nitrogen and oxygen atoms in total. The number of carbonyl (C=O) groups excluding carboxylic acids is 1. The van der Waals surface area contributed by atoms with E-state index in [1.54, 1.807) is 0 Å². The van der Waals surface area contributed by atoms with Crippen molar-refractivity contribution < 1.29 is 14.0 Å². The highest BCUT2D eigenvalue weighted by Gasteiger charge is 2.52. The molecule has 0 radical (unpaired) electrons. The van der Waals surface area contributed by atoms with Crippen molar-refractivity contribution in [2.24, 2.45) is 5.92 Å². The van der Waals surface area contributed by atoms with Gasteiger partial charge in [0.05, 0.1) is 6.10 Å². The Morgan fingerprint density at radius 2 is 1.41 bits per heavy atom. The predicted octanol–water partition coefficient (Wildman–Crippen LogP) is 5.21. The summed E-state index contributed by atoms with van der Waals surface area (Å²) in [7, 11) is -2.67. The zero-order valence-electron chi connectivity index (χ0n) is 20.7. The summed E-state index contributed by atoms with van der Waals surface area (Å²) in [6, 6.07) is 21.4. The lowest BCUT2D eigenvalue weighted by molar-refractivity contribution is -0.00518. The first-order valence-corrected chi connectivity index (χ1v) is 13.6. The molecule has 0 saturated carbocycles. The molecule has 0 bridgehead atoms. The van der Waals surface area contributed by atoms with Gasteiger partial charge >= 0.3 is 6.09 Å². The number of ether oxygens (including phenoxy) is 1. The van der Waals surface area contributed by atoms with E-state index in [0.717, 1.165) is 6.42 Å². The van der Waals surface area contributed by atoms with Crippen LogP contribution in [0.1, 0.15) is 54.9 Å². The number of nitrogens with zero attached hydrogens (tertiary/aromatic N) is 1. The molecular weight excluding hydrogens is 414 g/mol. The Bertz CT molecular complexity index is 847. The second-order valence-electron chi connectivity index (χ2n) is 11.0. The largest absolute Gasteiger partial charge is 0.444 e. The number of piperidine rings is 1. The molecule has 2 aromatic rings. The fourth-order valence-corrected chi connectivity index (χ4v) is 9.37. The van der Waals surface area contributed by atoms with Crippen LogP contribution in [0.5, 0.6) is 0 Å². The molecule has 1 fully saturated rings. The van der Waals surface area contributed by atoms with Gasteiger partial charge in [-0.2, -0.15) is 0 Å². The van der Waals surface area contributed by atoms with Crippen molar-refractivity contribution in [3.63, 3.8) is 0 Å². The maximum atomic E-state index is 12.8. The average molecular weight is 454 g/mol. The molecule has 1 aliphatic rings. The third-order valence-electron chi connectivity index (χ3n) is 6.29. The lowest BCUT2D eigenvalue weighted by atomic mass is 9.96. The SMILES string of the molecule is C[C@@H]1CCN(C(=O)OC(C)(C)C)C[C@H]1O[Si](c1ccccc1)(c1ccccc1)C(C)(C)C. The normalized spacial score (nSPS) is 20.2. The van der Waals surface area contributed by atoms with Crippen molar-refractivity contribution in [1.82, 2.24) is 4.90 Å². The minimum atomic E-state index is -2.67. The highest BCUT2D eigenvalue weighted by molar-refractivity contribution is 6.99.